The van der Waals surface area contributed by atoms with Crippen LogP contribution in [0.1, 0.15) is 26.7 Å². The lowest BCUT2D eigenvalue weighted by Crippen LogP contribution is -2.16. The molecule has 0 amide bonds. The Hall–Kier alpha value is -0.610. The Morgan fingerprint density at radius 1 is 1.38 bits per heavy atom. The van der Waals surface area contributed by atoms with E-state index in [1.165, 1.54) is 0 Å². The van der Waals surface area contributed by atoms with Crippen LogP contribution in [0.25, 0.3) is 0 Å². The van der Waals surface area contributed by atoms with Crippen molar-refractivity contribution in [2.45, 2.75) is 32.8 Å². The summed E-state index contributed by atoms with van der Waals surface area (Å²) in [7, 11) is 0. The zero-order valence-corrected chi connectivity index (χ0v) is 8.28. The van der Waals surface area contributed by atoms with Gasteiger partial charge in [-0.05, 0) is 13.3 Å². The second-order valence-corrected chi connectivity index (χ2v) is 2.89. The van der Waals surface area contributed by atoms with Crippen molar-refractivity contribution in [2.24, 2.45) is 0 Å². The van der Waals surface area contributed by atoms with E-state index >= 15 is 0 Å². The molecule has 0 saturated heterocycles. The first-order valence-corrected chi connectivity index (χ1v) is 4.58. The Kier molecular flexibility index (Phi) is 7.63. The van der Waals surface area contributed by atoms with Gasteiger partial charge in [0.25, 0.3) is 0 Å². The van der Waals surface area contributed by atoms with Gasteiger partial charge < -0.3 is 14.6 Å². The molecule has 1 atom stereocenters. The quantitative estimate of drug-likeness (QED) is 0.586. The lowest BCUT2D eigenvalue weighted by molar-refractivity contribution is -0.140. The smallest absolute Gasteiger partial charge is 0.305 e. The van der Waals surface area contributed by atoms with E-state index < -0.39 is 5.97 Å². The summed E-state index contributed by atoms with van der Waals surface area (Å²) >= 11 is 0. The van der Waals surface area contributed by atoms with Crippen LogP contribution in [0.3, 0.4) is 0 Å². The van der Waals surface area contributed by atoms with Gasteiger partial charge in [-0.3, -0.25) is 4.79 Å². The first-order chi connectivity index (χ1) is 6.16. The van der Waals surface area contributed by atoms with Gasteiger partial charge in [0.05, 0.1) is 25.7 Å². The van der Waals surface area contributed by atoms with Crippen molar-refractivity contribution in [3.63, 3.8) is 0 Å². The lowest BCUT2D eigenvalue weighted by atomic mass is 10.3. The van der Waals surface area contributed by atoms with Crippen molar-refractivity contribution in [1.82, 2.24) is 0 Å². The van der Waals surface area contributed by atoms with Gasteiger partial charge in [-0.2, -0.15) is 0 Å². The fourth-order valence-corrected chi connectivity index (χ4v) is 0.859. The SMILES string of the molecule is CCCOCCO[C@H](C)CC(=O)O. The summed E-state index contributed by atoms with van der Waals surface area (Å²) in [5.41, 5.74) is 0. The molecule has 0 aliphatic heterocycles. The van der Waals surface area contributed by atoms with E-state index in [2.05, 4.69) is 0 Å². The molecule has 0 radical (unpaired) electrons. The van der Waals surface area contributed by atoms with Gasteiger partial charge >= 0.3 is 5.97 Å². The number of ether oxygens (including phenoxy) is 2. The molecule has 0 spiro atoms. The summed E-state index contributed by atoms with van der Waals surface area (Å²) < 4.78 is 10.4. The fourth-order valence-electron chi connectivity index (χ4n) is 0.859. The molecule has 0 aromatic carbocycles. The van der Waals surface area contributed by atoms with E-state index in [0.717, 1.165) is 13.0 Å². The van der Waals surface area contributed by atoms with Crippen LogP contribution in [0.2, 0.25) is 0 Å². The summed E-state index contributed by atoms with van der Waals surface area (Å²) in [4.78, 5) is 10.2. The first kappa shape index (κ1) is 12.4. The highest BCUT2D eigenvalue weighted by Gasteiger charge is 2.06. The van der Waals surface area contributed by atoms with E-state index in [4.69, 9.17) is 14.6 Å². The normalized spacial score (nSPS) is 12.8. The van der Waals surface area contributed by atoms with Crippen LogP contribution >= 0.6 is 0 Å². The molecule has 0 aliphatic rings. The van der Waals surface area contributed by atoms with Gasteiger partial charge in [0.1, 0.15) is 0 Å². The summed E-state index contributed by atoms with van der Waals surface area (Å²) in [5.74, 6) is -0.832. The predicted octanol–water partition coefficient (Wildman–Crippen LogP) is 1.29. The average Bonchev–Trinajstić information content (AvgIpc) is 2.02. The Morgan fingerprint density at radius 3 is 2.62 bits per heavy atom. The summed E-state index contributed by atoms with van der Waals surface area (Å²) in [6.45, 7) is 5.52. The van der Waals surface area contributed by atoms with E-state index in [1.807, 2.05) is 6.92 Å². The Balaban J connectivity index is 3.17. The number of carboxylic acids is 1. The molecule has 0 aliphatic carbocycles. The highest BCUT2D eigenvalue weighted by atomic mass is 16.5. The average molecular weight is 190 g/mol. The van der Waals surface area contributed by atoms with Crippen LogP contribution in [0.15, 0.2) is 0 Å². The van der Waals surface area contributed by atoms with E-state index in [-0.39, 0.29) is 12.5 Å². The molecule has 13 heavy (non-hydrogen) atoms. The van der Waals surface area contributed by atoms with Crippen LogP contribution in [0.4, 0.5) is 0 Å². The molecule has 0 aromatic heterocycles. The van der Waals surface area contributed by atoms with Crippen molar-refractivity contribution in [3.05, 3.63) is 0 Å². The van der Waals surface area contributed by atoms with Crippen molar-refractivity contribution in [2.75, 3.05) is 19.8 Å². The Labute approximate surface area is 78.8 Å². The largest absolute Gasteiger partial charge is 0.481 e. The number of carboxylic acid groups (broad SMARTS) is 1. The van der Waals surface area contributed by atoms with E-state index in [1.54, 1.807) is 6.92 Å². The molecular formula is C9H18O4. The summed E-state index contributed by atoms with van der Waals surface area (Å²) in [6, 6.07) is 0. The number of rotatable bonds is 8. The molecule has 0 unspecified atom stereocenters. The van der Waals surface area contributed by atoms with Crippen molar-refractivity contribution < 1.29 is 19.4 Å². The van der Waals surface area contributed by atoms with Gasteiger partial charge in [-0.1, -0.05) is 6.92 Å². The molecule has 1 N–H and O–H groups in total. The Bertz CT molecular complexity index is 136. The standard InChI is InChI=1S/C9H18O4/c1-3-4-12-5-6-13-8(2)7-9(10)11/h8H,3-7H2,1-2H3,(H,10,11)/t8-/m1/s1. The van der Waals surface area contributed by atoms with Crippen molar-refractivity contribution in [1.29, 1.82) is 0 Å². The Morgan fingerprint density at radius 2 is 2.08 bits per heavy atom. The van der Waals surface area contributed by atoms with E-state index in [0.29, 0.717) is 13.2 Å². The second kappa shape index (κ2) is 8.01. The molecular weight excluding hydrogens is 172 g/mol. The van der Waals surface area contributed by atoms with Gasteiger partial charge in [-0.25, -0.2) is 0 Å². The molecule has 0 aromatic rings. The number of hydrogen-bond donors (Lipinski definition) is 1. The number of hydrogen-bond acceptors (Lipinski definition) is 3. The maximum Gasteiger partial charge on any atom is 0.305 e. The molecule has 4 heteroatoms. The zero-order chi connectivity index (χ0) is 10.1. The highest BCUT2D eigenvalue weighted by Crippen LogP contribution is 1.96. The number of carbonyl (C=O) groups is 1. The summed E-state index contributed by atoms with van der Waals surface area (Å²) in [5, 5.41) is 8.41. The van der Waals surface area contributed by atoms with Crippen LogP contribution in [0, 0.1) is 0 Å². The minimum absolute atomic E-state index is 0.0494. The lowest BCUT2D eigenvalue weighted by Gasteiger charge is -2.10. The van der Waals surface area contributed by atoms with Crippen LogP contribution in [0.5, 0.6) is 0 Å². The molecule has 0 saturated carbocycles. The fraction of sp³-hybridized carbons (Fsp3) is 0.889. The molecule has 0 bridgehead atoms. The molecule has 0 fully saturated rings. The minimum Gasteiger partial charge on any atom is -0.481 e. The van der Waals surface area contributed by atoms with Gasteiger partial charge in [-0.15, -0.1) is 0 Å². The topological polar surface area (TPSA) is 55.8 Å². The summed E-state index contributed by atoms with van der Waals surface area (Å²) in [6.07, 6.45) is 0.807. The zero-order valence-electron chi connectivity index (χ0n) is 8.28. The van der Waals surface area contributed by atoms with Crippen molar-refractivity contribution in [3.8, 4) is 0 Å². The molecule has 0 rings (SSSR count). The third kappa shape index (κ3) is 9.30. The molecule has 4 nitrogen and oxygen atoms in total. The van der Waals surface area contributed by atoms with Crippen LogP contribution < -0.4 is 0 Å². The van der Waals surface area contributed by atoms with Crippen molar-refractivity contribution >= 4 is 5.97 Å². The van der Waals surface area contributed by atoms with E-state index in [9.17, 15) is 4.79 Å². The molecule has 78 valence electrons. The number of aliphatic carboxylic acids is 1. The minimum atomic E-state index is -0.832. The van der Waals surface area contributed by atoms with Gasteiger partial charge in [0.15, 0.2) is 0 Å². The highest BCUT2D eigenvalue weighted by molar-refractivity contribution is 5.67. The van der Waals surface area contributed by atoms with Gasteiger partial charge in [0, 0.05) is 6.61 Å². The van der Waals surface area contributed by atoms with Crippen LogP contribution in [-0.2, 0) is 14.3 Å². The second-order valence-electron chi connectivity index (χ2n) is 2.89. The third-order valence-corrected chi connectivity index (χ3v) is 1.44. The molecule has 0 heterocycles. The van der Waals surface area contributed by atoms with Gasteiger partial charge in [0.2, 0.25) is 0 Å². The monoisotopic (exact) mass is 190 g/mol. The van der Waals surface area contributed by atoms with Crippen LogP contribution in [-0.4, -0.2) is 37.0 Å². The maximum absolute atomic E-state index is 10.2. The third-order valence-electron chi connectivity index (χ3n) is 1.44. The maximum atomic E-state index is 10.2. The first-order valence-electron chi connectivity index (χ1n) is 4.58. The predicted molar refractivity (Wildman–Crippen MR) is 48.8 cm³/mol.